The van der Waals surface area contributed by atoms with E-state index in [1.54, 1.807) is 4.52 Å². The lowest BCUT2D eigenvalue weighted by Gasteiger charge is -2.11. The predicted molar refractivity (Wildman–Crippen MR) is 118 cm³/mol. The first-order valence-corrected chi connectivity index (χ1v) is 10.3. The number of nitrogens with one attached hydrogen (secondary N) is 1. The third kappa shape index (κ3) is 5.06. The second-order valence-electron chi connectivity index (χ2n) is 7.43. The fourth-order valence-corrected chi connectivity index (χ4v) is 3.56. The number of carbonyl (C=O) groups is 1. The zero-order valence-electron chi connectivity index (χ0n) is 17.7. The van der Waals surface area contributed by atoms with Crippen molar-refractivity contribution < 1.29 is 9.53 Å². The van der Waals surface area contributed by atoms with Gasteiger partial charge in [-0.1, -0.05) is 42.5 Å². The van der Waals surface area contributed by atoms with Crippen LogP contribution < -0.4 is 10.1 Å². The molecule has 4 aromatic rings. The molecule has 0 atom stereocenters. The highest BCUT2D eigenvalue weighted by atomic mass is 16.5. The SMILES string of the molecule is Cc1nc2ncnn2c(C)c1CCC(=O)NCc1cccc(COc2ccccc2)c1. The molecular formula is C24H25N5O2. The van der Waals surface area contributed by atoms with Gasteiger partial charge < -0.3 is 10.1 Å². The average molecular weight is 415 g/mol. The Labute approximate surface area is 181 Å². The Balaban J connectivity index is 1.30. The molecule has 0 saturated carbocycles. The molecule has 31 heavy (non-hydrogen) atoms. The minimum absolute atomic E-state index is 0.00317. The van der Waals surface area contributed by atoms with Crippen LogP contribution >= 0.6 is 0 Å². The van der Waals surface area contributed by atoms with Crippen LogP contribution in [0.1, 0.15) is 34.5 Å². The van der Waals surface area contributed by atoms with Gasteiger partial charge in [0.25, 0.3) is 5.78 Å². The van der Waals surface area contributed by atoms with Crippen molar-refractivity contribution in [3.05, 3.63) is 89.0 Å². The summed E-state index contributed by atoms with van der Waals surface area (Å²) in [5.41, 5.74) is 5.00. The number of aryl methyl sites for hydroxylation is 2. The van der Waals surface area contributed by atoms with Gasteiger partial charge in [0.15, 0.2) is 0 Å². The first kappa shape index (κ1) is 20.5. The molecule has 0 spiro atoms. The smallest absolute Gasteiger partial charge is 0.252 e. The molecule has 0 aliphatic rings. The Kier molecular flexibility index (Phi) is 6.21. The van der Waals surface area contributed by atoms with E-state index in [0.29, 0.717) is 31.8 Å². The van der Waals surface area contributed by atoms with Gasteiger partial charge >= 0.3 is 0 Å². The Morgan fingerprint density at radius 1 is 1.06 bits per heavy atom. The zero-order valence-corrected chi connectivity index (χ0v) is 17.7. The van der Waals surface area contributed by atoms with Crippen LogP contribution in [0.3, 0.4) is 0 Å². The Morgan fingerprint density at radius 2 is 1.87 bits per heavy atom. The maximum atomic E-state index is 12.4. The Bertz CT molecular complexity index is 1190. The van der Waals surface area contributed by atoms with Crippen molar-refractivity contribution in [2.24, 2.45) is 0 Å². The van der Waals surface area contributed by atoms with E-state index in [9.17, 15) is 4.79 Å². The molecule has 0 aliphatic carbocycles. The maximum Gasteiger partial charge on any atom is 0.252 e. The molecule has 158 valence electrons. The number of benzene rings is 2. The number of aromatic nitrogens is 4. The summed E-state index contributed by atoms with van der Waals surface area (Å²) >= 11 is 0. The van der Waals surface area contributed by atoms with Crippen LogP contribution in [0.4, 0.5) is 0 Å². The number of amides is 1. The molecule has 2 heterocycles. The van der Waals surface area contributed by atoms with Crippen molar-refractivity contribution in [2.75, 3.05) is 0 Å². The molecule has 0 unspecified atom stereocenters. The van der Waals surface area contributed by atoms with Gasteiger partial charge in [-0.15, -0.1) is 0 Å². The number of hydrogen-bond acceptors (Lipinski definition) is 5. The van der Waals surface area contributed by atoms with E-state index >= 15 is 0 Å². The van der Waals surface area contributed by atoms with Crippen LogP contribution in [0.2, 0.25) is 0 Å². The highest BCUT2D eigenvalue weighted by Gasteiger charge is 2.12. The first-order chi connectivity index (χ1) is 15.1. The lowest BCUT2D eigenvalue weighted by molar-refractivity contribution is -0.121. The van der Waals surface area contributed by atoms with Crippen molar-refractivity contribution >= 4 is 11.7 Å². The molecule has 2 aromatic carbocycles. The quantitative estimate of drug-likeness (QED) is 0.476. The average Bonchev–Trinajstić information content (AvgIpc) is 3.26. The van der Waals surface area contributed by atoms with Crippen LogP contribution in [-0.2, 0) is 24.4 Å². The number of ether oxygens (including phenoxy) is 1. The second kappa shape index (κ2) is 9.38. The molecule has 0 bridgehead atoms. The van der Waals surface area contributed by atoms with Gasteiger partial charge in [0, 0.05) is 24.4 Å². The summed E-state index contributed by atoms with van der Waals surface area (Å²) in [7, 11) is 0. The predicted octanol–water partition coefficient (Wildman–Crippen LogP) is 3.57. The molecule has 0 saturated heterocycles. The normalized spacial score (nSPS) is 10.9. The summed E-state index contributed by atoms with van der Waals surface area (Å²) in [5.74, 6) is 1.42. The molecule has 0 radical (unpaired) electrons. The van der Waals surface area contributed by atoms with Gasteiger partial charge in [-0.2, -0.15) is 10.1 Å². The summed E-state index contributed by atoms with van der Waals surface area (Å²) in [4.78, 5) is 21.0. The summed E-state index contributed by atoms with van der Waals surface area (Å²) < 4.78 is 7.51. The topological polar surface area (TPSA) is 81.4 Å². The van der Waals surface area contributed by atoms with Crippen LogP contribution in [0.5, 0.6) is 5.75 Å². The standard InChI is InChI=1S/C24H25N5O2/c1-17-22(18(2)29-24(28-17)26-16-27-29)11-12-23(30)25-14-19-7-6-8-20(13-19)15-31-21-9-4-3-5-10-21/h3-10,13,16H,11-12,14-15H2,1-2H3,(H,25,30). The summed E-state index contributed by atoms with van der Waals surface area (Å²) in [6, 6.07) is 17.8. The monoisotopic (exact) mass is 415 g/mol. The lowest BCUT2D eigenvalue weighted by atomic mass is 10.1. The molecule has 1 N–H and O–H groups in total. The van der Waals surface area contributed by atoms with E-state index in [1.165, 1.54) is 6.33 Å². The van der Waals surface area contributed by atoms with Gasteiger partial charge in [0.05, 0.1) is 0 Å². The van der Waals surface area contributed by atoms with Gasteiger partial charge in [-0.25, -0.2) is 9.50 Å². The number of nitrogens with zero attached hydrogens (tertiary/aromatic N) is 4. The summed E-state index contributed by atoms with van der Waals surface area (Å²) in [6.07, 6.45) is 2.49. The number of hydrogen-bond donors (Lipinski definition) is 1. The highest BCUT2D eigenvalue weighted by Crippen LogP contribution is 2.15. The van der Waals surface area contributed by atoms with Crippen molar-refractivity contribution in [3.8, 4) is 5.75 Å². The third-order valence-corrected chi connectivity index (χ3v) is 5.22. The molecule has 4 rings (SSSR count). The molecule has 7 heteroatoms. The van der Waals surface area contributed by atoms with E-state index in [-0.39, 0.29) is 5.91 Å². The minimum Gasteiger partial charge on any atom is -0.489 e. The molecular weight excluding hydrogens is 390 g/mol. The molecule has 2 aromatic heterocycles. The largest absolute Gasteiger partial charge is 0.489 e. The molecule has 0 fully saturated rings. The number of fused-ring (bicyclic) bond motifs is 1. The second-order valence-corrected chi connectivity index (χ2v) is 7.43. The van der Waals surface area contributed by atoms with Gasteiger partial charge in [-0.05, 0) is 49.1 Å². The van der Waals surface area contributed by atoms with Crippen molar-refractivity contribution in [2.45, 2.75) is 39.8 Å². The van der Waals surface area contributed by atoms with E-state index in [1.807, 2.05) is 62.4 Å². The molecule has 7 nitrogen and oxygen atoms in total. The number of carbonyl (C=O) groups excluding carboxylic acids is 1. The van der Waals surface area contributed by atoms with Crippen molar-refractivity contribution in [1.82, 2.24) is 24.9 Å². The van der Waals surface area contributed by atoms with Gasteiger partial charge in [0.2, 0.25) is 5.91 Å². The highest BCUT2D eigenvalue weighted by molar-refractivity contribution is 5.76. The number of para-hydroxylation sites is 1. The molecule has 0 aliphatic heterocycles. The van der Waals surface area contributed by atoms with Crippen LogP contribution in [0.25, 0.3) is 5.78 Å². The van der Waals surface area contributed by atoms with E-state index in [2.05, 4.69) is 26.4 Å². The molecule has 1 amide bonds. The first-order valence-electron chi connectivity index (χ1n) is 10.3. The maximum absolute atomic E-state index is 12.4. The fourth-order valence-electron chi connectivity index (χ4n) is 3.56. The Morgan fingerprint density at radius 3 is 2.71 bits per heavy atom. The van der Waals surface area contributed by atoms with E-state index < -0.39 is 0 Å². The van der Waals surface area contributed by atoms with E-state index in [0.717, 1.165) is 33.8 Å². The Hall–Kier alpha value is -3.74. The summed E-state index contributed by atoms with van der Waals surface area (Å²) in [6.45, 7) is 4.89. The third-order valence-electron chi connectivity index (χ3n) is 5.22. The van der Waals surface area contributed by atoms with Crippen molar-refractivity contribution in [3.63, 3.8) is 0 Å². The van der Waals surface area contributed by atoms with E-state index in [4.69, 9.17) is 4.74 Å². The van der Waals surface area contributed by atoms with Crippen LogP contribution in [0.15, 0.2) is 60.9 Å². The van der Waals surface area contributed by atoms with Crippen LogP contribution in [0, 0.1) is 13.8 Å². The van der Waals surface area contributed by atoms with Crippen molar-refractivity contribution in [1.29, 1.82) is 0 Å². The zero-order chi connectivity index (χ0) is 21.6. The lowest BCUT2D eigenvalue weighted by Crippen LogP contribution is -2.23. The summed E-state index contributed by atoms with van der Waals surface area (Å²) in [5, 5.41) is 7.20. The van der Waals surface area contributed by atoms with Gasteiger partial charge in [0.1, 0.15) is 18.7 Å². The van der Waals surface area contributed by atoms with Gasteiger partial charge in [-0.3, -0.25) is 4.79 Å². The number of rotatable bonds is 8. The van der Waals surface area contributed by atoms with Crippen LogP contribution in [-0.4, -0.2) is 25.5 Å². The fraction of sp³-hybridized carbons (Fsp3) is 0.250. The minimum atomic E-state index is 0.00317.